The molecule has 4 nitrogen and oxygen atoms in total. The van der Waals surface area contributed by atoms with Crippen LogP contribution in [0.2, 0.25) is 0 Å². The van der Waals surface area contributed by atoms with Gasteiger partial charge in [-0.1, -0.05) is 12.2 Å². The molecule has 1 saturated carbocycles. The summed E-state index contributed by atoms with van der Waals surface area (Å²) in [6.45, 7) is 0. The van der Waals surface area contributed by atoms with E-state index in [4.69, 9.17) is 10.2 Å². The number of carboxylic acid groups (broad SMARTS) is 2. The molecule has 2 N–H and O–H groups in total. The zero-order valence-corrected chi connectivity index (χ0v) is 6.80. The van der Waals surface area contributed by atoms with Crippen molar-refractivity contribution in [2.45, 2.75) is 6.42 Å². The standard InChI is InChI=1S/C9H9O4/c10-8(11)6-4-1-2-5(3-4)7(6)9(12)13/h1-2,4,6-7H,3H2,(H,10,11)(H,12,13). The van der Waals surface area contributed by atoms with Gasteiger partial charge in [-0.2, -0.15) is 0 Å². The normalized spacial score (nSPS) is 36.8. The summed E-state index contributed by atoms with van der Waals surface area (Å²) in [6.07, 6.45) is 4.16. The molecule has 2 aliphatic carbocycles. The number of carboxylic acids is 2. The minimum absolute atomic E-state index is 0.103. The van der Waals surface area contributed by atoms with E-state index in [9.17, 15) is 9.59 Å². The number of allylic oxidation sites excluding steroid dienone is 2. The third-order valence-electron chi connectivity index (χ3n) is 2.80. The molecule has 1 radical (unpaired) electrons. The highest BCUT2D eigenvalue weighted by Gasteiger charge is 2.52. The molecule has 0 aromatic rings. The summed E-state index contributed by atoms with van der Waals surface area (Å²) >= 11 is 0. The third-order valence-corrected chi connectivity index (χ3v) is 2.80. The van der Waals surface area contributed by atoms with Gasteiger partial charge in [0.25, 0.3) is 0 Å². The molecule has 2 aliphatic rings. The Balaban J connectivity index is 2.30. The quantitative estimate of drug-likeness (QED) is 0.652. The number of aliphatic carboxylic acids is 2. The van der Waals surface area contributed by atoms with Crippen molar-refractivity contribution >= 4 is 11.9 Å². The van der Waals surface area contributed by atoms with Gasteiger partial charge < -0.3 is 10.2 Å². The van der Waals surface area contributed by atoms with E-state index < -0.39 is 23.8 Å². The molecule has 0 aliphatic heterocycles. The largest absolute Gasteiger partial charge is 0.481 e. The zero-order valence-electron chi connectivity index (χ0n) is 6.80. The SMILES string of the molecule is O=C(O)C1[C]2C=CC(C2)C1C(=O)O. The maximum Gasteiger partial charge on any atom is 0.308 e. The van der Waals surface area contributed by atoms with E-state index in [0.717, 1.165) is 5.92 Å². The minimum atomic E-state index is -1.02. The lowest BCUT2D eigenvalue weighted by Gasteiger charge is -2.19. The van der Waals surface area contributed by atoms with Gasteiger partial charge in [-0.05, 0) is 12.3 Å². The van der Waals surface area contributed by atoms with Crippen molar-refractivity contribution in [3.8, 4) is 0 Å². The Morgan fingerprint density at radius 1 is 1.31 bits per heavy atom. The van der Waals surface area contributed by atoms with Crippen molar-refractivity contribution in [2.75, 3.05) is 0 Å². The molecule has 0 spiro atoms. The van der Waals surface area contributed by atoms with Gasteiger partial charge in [-0.15, -0.1) is 0 Å². The highest BCUT2D eigenvalue weighted by molar-refractivity contribution is 5.85. The molecule has 13 heavy (non-hydrogen) atoms. The predicted octanol–water partition coefficient (Wildman–Crippen LogP) is 0.552. The molecule has 0 amide bonds. The highest BCUT2D eigenvalue weighted by atomic mass is 16.4. The highest BCUT2D eigenvalue weighted by Crippen LogP contribution is 2.49. The molecule has 4 heteroatoms. The molecule has 0 heterocycles. The van der Waals surface area contributed by atoms with Crippen LogP contribution in [0.5, 0.6) is 0 Å². The topological polar surface area (TPSA) is 74.6 Å². The summed E-state index contributed by atoms with van der Waals surface area (Å²) in [5.41, 5.74) is 0. The Labute approximate surface area is 74.9 Å². The van der Waals surface area contributed by atoms with Crippen LogP contribution in [0.15, 0.2) is 12.2 Å². The number of hydrogen-bond donors (Lipinski definition) is 2. The van der Waals surface area contributed by atoms with E-state index in [2.05, 4.69) is 0 Å². The van der Waals surface area contributed by atoms with Crippen molar-refractivity contribution in [3.63, 3.8) is 0 Å². The maximum atomic E-state index is 10.8. The van der Waals surface area contributed by atoms with Crippen LogP contribution in [0.1, 0.15) is 6.42 Å². The summed E-state index contributed by atoms with van der Waals surface area (Å²) in [5.74, 6) is -2.92. The molecule has 0 aromatic heterocycles. The fourth-order valence-electron chi connectivity index (χ4n) is 2.25. The van der Waals surface area contributed by atoms with Crippen molar-refractivity contribution in [3.05, 3.63) is 18.1 Å². The lowest BCUT2D eigenvalue weighted by Crippen LogP contribution is -2.32. The predicted molar refractivity (Wildman–Crippen MR) is 42.7 cm³/mol. The van der Waals surface area contributed by atoms with Crippen molar-refractivity contribution < 1.29 is 19.8 Å². The molecular formula is C9H9O4. The van der Waals surface area contributed by atoms with Gasteiger partial charge >= 0.3 is 11.9 Å². The van der Waals surface area contributed by atoms with E-state index in [-0.39, 0.29) is 5.92 Å². The Hall–Kier alpha value is -1.32. The second kappa shape index (κ2) is 2.58. The van der Waals surface area contributed by atoms with Gasteiger partial charge in [-0.25, -0.2) is 0 Å². The van der Waals surface area contributed by atoms with E-state index in [0.29, 0.717) is 6.42 Å². The molecule has 0 saturated heterocycles. The van der Waals surface area contributed by atoms with Gasteiger partial charge in [-0.3, -0.25) is 9.59 Å². The summed E-state index contributed by atoms with van der Waals surface area (Å²) < 4.78 is 0. The molecule has 3 atom stereocenters. The summed E-state index contributed by atoms with van der Waals surface area (Å²) in [4.78, 5) is 21.6. The van der Waals surface area contributed by atoms with Gasteiger partial charge in [0, 0.05) is 5.92 Å². The van der Waals surface area contributed by atoms with E-state index in [1.807, 2.05) is 0 Å². The number of fused-ring (bicyclic) bond motifs is 2. The fraction of sp³-hybridized carbons (Fsp3) is 0.444. The van der Waals surface area contributed by atoms with Crippen LogP contribution in [0.3, 0.4) is 0 Å². The summed E-state index contributed by atoms with van der Waals surface area (Å²) in [5, 5.41) is 17.7. The maximum absolute atomic E-state index is 10.8. The second-order valence-electron chi connectivity index (χ2n) is 3.48. The lowest BCUT2D eigenvalue weighted by molar-refractivity contribution is -0.152. The van der Waals surface area contributed by atoms with Gasteiger partial charge in [0.2, 0.25) is 0 Å². The monoisotopic (exact) mass is 181 g/mol. The molecular weight excluding hydrogens is 172 g/mol. The van der Waals surface area contributed by atoms with E-state index in [1.54, 1.807) is 12.2 Å². The van der Waals surface area contributed by atoms with Crippen LogP contribution in [0, 0.1) is 23.7 Å². The third kappa shape index (κ3) is 1.05. The van der Waals surface area contributed by atoms with Gasteiger partial charge in [0.1, 0.15) is 0 Å². The van der Waals surface area contributed by atoms with E-state index >= 15 is 0 Å². The Morgan fingerprint density at radius 3 is 2.46 bits per heavy atom. The van der Waals surface area contributed by atoms with Gasteiger partial charge in [0.05, 0.1) is 11.8 Å². The molecule has 1 fully saturated rings. The fourth-order valence-corrected chi connectivity index (χ4v) is 2.25. The first-order valence-electron chi connectivity index (χ1n) is 4.11. The van der Waals surface area contributed by atoms with Crippen LogP contribution in [0.25, 0.3) is 0 Å². The molecule has 69 valence electrons. The van der Waals surface area contributed by atoms with Crippen molar-refractivity contribution in [2.24, 2.45) is 17.8 Å². The summed E-state index contributed by atoms with van der Waals surface area (Å²) in [7, 11) is 0. The average molecular weight is 181 g/mol. The molecule has 2 bridgehead atoms. The van der Waals surface area contributed by atoms with Crippen LogP contribution in [-0.4, -0.2) is 22.2 Å². The van der Waals surface area contributed by atoms with Crippen molar-refractivity contribution in [1.82, 2.24) is 0 Å². The zero-order chi connectivity index (χ0) is 9.59. The van der Waals surface area contributed by atoms with Crippen molar-refractivity contribution in [1.29, 1.82) is 0 Å². The number of hydrogen-bond acceptors (Lipinski definition) is 2. The first-order valence-corrected chi connectivity index (χ1v) is 4.11. The van der Waals surface area contributed by atoms with Crippen LogP contribution in [0.4, 0.5) is 0 Å². The van der Waals surface area contributed by atoms with Gasteiger partial charge in [0.15, 0.2) is 0 Å². The van der Waals surface area contributed by atoms with Crippen LogP contribution < -0.4 is 0 Å². The first-order chi connectivity index (χ1) is 6.11. The van der Waals surface area contributed by atoms with Crippen LogP contribution in [-0.2, 0) is 9.59 Å². The Morgan fingerprint density at radius 2 is 2.00 bits per heavy atom. The smallest absolute Gasteiger partial charge is 0.308 e. The lowest BCUT2D eigenvalue weighted by atomic mass is 9.83. The summed E-state index contributed by atoms with van der Waals surface area (Å²) in [6, 6.07) is 0. The molecule has 3 unspecified atom stereocenters. The Bertz CT molecular complexity index is 266. The number of carbonyl (C=O) groups is 2. The average Bonchev–Trinajstić information content (AvgIpc) is 2.60. The first kappa shape index (κ1) is 8.29. The van der Waals surface area contributed by atoms with Crippen LogP contribution >= 0.6 is 0 Å². The van der Waals surface area contributed by atoms with E-state index in [1.165, 1.54) is 0 Å². The molecule has 2 rings (SSSR count). The number of rotatable bonds is 2. The minimum Gasteiger partial charge on any atom is -0.481 e. The Kier molecular flexibility index (Phi) is 1.65. The second-order valence-corrected chi connectivity index (χ2v) is 3.48. The molecule has 0 aromatic carbocycles.